The lowest BCUT2D eigenvalue weighted by Gasteiger charge is -2.38. The van der Waals surface area contributed by atoms with Gasteiger partial charge in [0.15, 0.2) is 0 Å². The number of primary amides is 1. The lowest BCUT2D eigenvalue weighted by atomic mass is 10.1. The van der Waals surface area contributed by atoms with Gasteiger partial charge in [0.2, 0.25) is 5.91 Å². The zero-order chi connectivity index (χ0) is 12.3. The molecule has 1 aliphatic heterocycles. The van der Waals surface area contributed by atoms with E-state index in [1.54, 1.807) is 6.92 Å². The maximum Gasteiger partial charge on any atom is 0.318 e. The number of morpholine rings is 1. The van der Waals surface area contributed by atoms with Crippen molar-refractivity contribution in [3.8, 4) is 0 Å². The van der Waals surface area contributed by atoms with Gasteiger partial charge >= 0.3 is 6.03 Å². The van der Waals surface area contributed by atoms with Crippen LogP contribution in [0.5, 0.6) is 0 Å². The Labute approximate surface area is 95.1 Å². The second-order valence-corrected chi connectivity index (χ2v) is 4.24. The van der Waals surface area contributed by atoms with Crippen LogP contribution in [-0.4, -0.2) is 48.2 Å². The molecule has 0 aliphatic carbocycles. The number of hydrogen-bond donors (Lipinski definition) is 2. The summed E-state index contributed by atoms with van der Waals surface area (Å²) in [6.07, 6.45) is 0.181. The number of carbonyl (C=O) groups excluding carboxylic acids is 2. The Morgan fingerprint density at radius 2 is 1.88 bits per heavy atom. The normalized spacial score (nSPS) is 28.4. The van der Waals surface area contributed by atoms with E-state index in [9.17, 15) is 9.59 Å². The van der Waals surface area contributed by atoms with Gasteiger partial charge in [-0.1, -0.05) is 0 Å². The van der Waals surface area contributed by atoms with Gasteiger partial charge in [-0.2, -0.15) is 0 Å². The second kappa shape index (κ2) is 5.27. The van der Waals surface area contributed by atoms with Crippen LogP contribution in [0.3, 0.4) is 0 Å². The highest BCUT2D eigenvalue weighted by Crippen LogP contribution is 2.13. The molecule has 0 bridgehead atoms. The van der Waals surface area contributed by atoms with Gasteiger partial charge in [0.05, 0.1) is 18.2 Å². The first kappa shape index (κ1) is 12.9. The van der Waals surface area contributed by atoms with Gasteiger partial charge in [0, 0.05) is 13.1 Å². The van der Waals surface area contributed by atoms with E-state index in [0.29, 0.717) is 13.1 Å². The number of nitrogens with zero attached hydrogens (tertiary/aromatic N) is 1. The van der Waals surface area contributed by atoms with E-state index in [-0.39, 0.29) is 24.2 Å². The molecule has 1 saturated heterocycles. The largest absolute Gasteiger partial charge is 0.373 e. The van der Waals surface area contributed by atoms with Crippen LogP contribution in [-0.2, 0) is 9.53 Å². The molecule has 6 nitrogen and oxygen atoms in total. The molecule has 3 atom stereocenters. The number of hydrogen-bond acceptors (Lipinski definition) is 4. The summed E-state index contributed by atoms with van der Waals surface area (Å²) in [6, 6.07) is -1.19. The van der Waals surface area contributed by atoms with Crippen molar-refractivity contribution in [1.29, 1.82) is 0 Å². The topological polar surface area (TPSA) is 84.7 Å². The maximum absolute atomic E-state index is 11.6. The zero-order valence-corrected chi connectivity index (χ0v) is 9.90. The molecule has 0 aromatic carbocycles. The fourth-order valence-corrected chi connectivity index (χ4v) is 1.93. The predicted molar refractivity (Wildman–Crippen MR) is 58.8 cm³/mol. The third-order valence-corrected chi connectivity index (χ3v) is 2.62. The average Bonchev–Trinajstić information content (AvgIpc) is 2.13. The third-order valence-electron chi connectivity index (χ3n) is 2.62. The highest BCUT2D eigenvalue weighted by Gasteiger charge is 2.29. The molecule has 3 N–H and O–H groups in total. The molecular formula is C10H19N3O3. The number of urea groups is 1. The molecule has 0 aromatic heterocycles. The van der Waals surface area contributed by atoms with Crippen molar-refractivity contribution >= 4 is 11.9 Å². The van der Waals surface area contributed by atoms with Gasteiger partial charge in [0.1, 0.15) is 0 Å². The molecular weight excluding hydrogens is 210 g/mol. The summed E-state index contributed by atoms with van der Waals surface area (Å²) in [5, 5.41) is 2.09. The smallest absolute Gasteiger partial charge is 0.318 e. The van der Waals surface area contributed by atoms with E-state index >= 15 is 0 Å². The minimum absolute atomic E-state index is 0.0904. The van der Waals surface area contributed by atoms with Crippen molar-refractivity contribution in [1.82, 2.24) is 10.2 Å². The third kappa shape index (κ3) is 3.46. The summed E-state index contributed by atoms with van der Waals surface area (Å²) in [5.41, 5.74) is 4.90. The van der Waals surface area contributed by atoms with Crippen LogP contribution in [0.1, 0.15) is 20.8 Å². The van der Waals surface area contributed by atoms with Crippen LogP contribution in [0, 0.1) is 0 Å². The van der Waals surface area contributed by atoms with Crippen molar-refractivity contribution in [3.05, 3.63) is 0 Å². The predicted octanol–water partition coefficient (Wildman–Crippen LogP) is -0.321. The quantitative estimate of drug-likeness (QED) is 0.679. The SMILES string of the molecule is C[C@H]1CN([C@@H](C)C(=O)NC(N)=O)C[C@H](C)O1. The van der Waals surface area contributed by atoms with Crippen molar-refractivity contribution in [3.63, 3.8) is 0 Å². The number of carbonyl (C=O) groups is 2. The standard InChI is InChI=1S/C10H19N3O3/c1-6-4-13(5-7(2)16-6)8(3)9(14)12-10(11)15/h6-8H,4-5H2,1-3H3,(H3,11,12,14,15)/t6-,7-,8-/m0/s1. The Hall–Kier alpha value is -1.14. The number of nitrogens with one attached hydrogen (secondary N) is 1. The molecule has 0 spiro atoms. The summed E-state index contributed by atoms with van der Waals surface area (Å²) in [5.74, 6) is -0.367. The van der Waals surface area contributed by atoms with Gasteiger partial charge in [-0.3, -0.25) is 15.0 Å². The van der Waals surface area contributed by atoms with Crippen LogP contribution < -0.4 is 11.1 Å². The molecule has 0 aromatic rings. The van der Waals surface area contributed by atoms with Crippen LogP contribution in [0.2, 0.25) is 0 Å². The van der Waals surface area contributed by atoms with E-state index < -0.39 is 6.03 Å². The van der Waals surface area contributed by atoms with Gasteiger partial charge < -0.3 is 10.5 Å². The first-order valence-electron chi connectivity index (χ1n) is 5.40. The van der Waals surface area contributed by atoms with Crippen LogP contribution in [0.15, 0.2) is 0 Å². The Bertz CT molecular complexity index is 272. The average molecular weight is 229 g/mol. The first-order chi connectivity index (χ1) is 7.40. The van der Waals surface area contributed by atoms with Gasteiger partial charge in [-0.15, -0.1) is 0 Å². The number of nitrogens with two attached hydrogens (primary N) is 1. The molecule has 3 amide bonds. The van der Waals surface area contributed by atoms with E-state index in [1.807, 2.05) is 18.7 Å². The van der Waals surface area contributed by atoms with Gasteiger partial charge in [-0.05, 0) is 20.8 Å². The number of ether oxygens (including phenoxy) is 1. The molecule has 6 heteroatoms. The van der Waals surface area contributed by atoms with Crippen molar-refractivity contribution < 1.29 is 14.3 Å². The van der Waals surface area contributed by atoms with Gasteiger partial charge in [-0.25, -0.2) is 4.79 Å². The molecule has 1 aliphatic rings. The minimum atomic E-state index is -0.814. The Morgan fingerprint density at radius 3 is 2.31 bits per heavy atom. The zero-order valence-electron chi connectivity index (χ0n) is 9.90. The van der Waals surface area contributed by atoms with Gasteiger partial charge in [0.25, 0.3) is 0 Å². The second-order valence-electron chi connectivity index (χ2n) is 4.24. The fourth-order valence-electron chi connectivity index (χ4n) is 1.93. The first-order valence-corrected chi connectivity index (χ1v) is 5.40. The molecule has 0 unspecified atom stereocenters. The van der Waals surface area contributed by atoms with Crippen LogP contribution in [0.4, 0.5) is 4.79 Å². The van der Waals surface area contributed by atoms with Crippen molar-refractivity contribution in [2.45, 2.75) is 39.0 Å². The van der Waals surface area contributed by atoms with E-state index in [4.69, 9.17) is 10.5 Å². The molecule has 1 fully saturated rings. The van der Waals surface area contributed by atoms with E-state index in [0.717, 1.165) is 0 Å². The lowest BCUT2D eigenvalue weighted by Crippen LogP contribution is -2.55. The van der Waals surface area contributed by atoms with E-state index in [2.05, 4.69) is 5.32 Å². The Kier molecular flexibility index (Phi) is 4.26. The van der Waals surface area contributed by atoms with Crippen LogP contribution in [0.25, 0.3) is 0 Å². The monoisotopic (exact) mass is 229 g/mol. The van der Waals surface area contributed by atoms with Crippen molar-refractivity contribution in [2.75, 3.05) is 13.1 Å². The molecule has 0 radical (unpaired) electrons. The number of imide groups is 1. The molecule has 16 heavy (non-hydrogen) atoms. The summed E-state index contributed by atoms with van der Waals surface area (Å²) >= 11 is 0. The highest BCUT2D eigenvalue weighted by molar-refractivity contribution is 5.96. The molecule has 92 valence electrons. The minimum Gasteiger partial charge on any atom is -0.373 e. The van der Waals surface area contributed by atoms with E-state index in [1.165, 1.54) is 0 Å². The maximum atomic E-state index is 11.6. The summed E-state index contributed by atoms with van der Waals surface area (Å²) in [4.78, 5) is 24.1. The summed E-state index contributed by atoms with van der Waals surface area (Å²) < 4.78 is 5.56. The Balaban J connectivity index is 2.55. The highest BCUT2D eigenvalue weighted by atomic mass is 16.5. The van der Waals surface area contributed by atoms with Crippen LogP contribution >= 0.6 is 0 Å². The number of rotatable bonds is 2. The summed E-state index contributed by atoms with van der Waals surface area (Å²) in [7, 11) is 0. The number of amides is 3. The van der Waals surface area contributed by atoms with Crippen molar-refractivity contribution in [2.24, 2.45) is 5.73 Å². The lowest BCUT2D eigenvalue weighted by molar-refractivity contribution is -0.130. The molecule has 1 heterocycles. The molecule has 0 saturated carbocycles. The fraction of sp³-hybridized carbons (Fsp3) is 0.800. The molecule has 1 rings (SSSR count). The Morgan fingerprint density at radius 1 is 1.38 bits per heavy atom. The summed E-state index contributed by atoms with van der Waals surface area (Å²) in [6.45, 7) is 7.03.